The fourth-order valence-corrected chi connectivity index (χ4v) is 5.77. The minimum Gasteiger partial charge on any atom is -0.493 e. The number of amides is 2. The molecule has 5 rings (SSSR count). The van der Waals surface area contributed by atoms with E-state index in [2.05, 4.69) is 22.3 Å². The zero-order valence-electron chi connectivity index (χ0n) is 21.8. The average Bonchev–Trinajstić information content (AvgIpc) is 3.32. The van der Waals surface area contributed by atoms with Gasteiger partial charge in [-0.15, -0.1) is 0 Å². The number of piperidine rings is 1. The second-order valence-electron chi connectivity index (χ2n) is 10.6. The number of rotatable bonds is 2. The Hall–Kier alpha value is -3.42. The van der Waals surface area contributed by atoms with Crippen molar-refractivity contribution in [3.05, 3.63) is 54.1 Å². The van der Waals surface area contributed by atoms with E-state index in [-0.39, 0.29) is 23.8 Å². The first kappa shape index (κ1) is 25.2. The highest BCUT2D eigenvalue weighted by Gasteiger charge is 2.37. The van der Waals surface area contributed by atoms with E-state index in [4.69, 9.17) is 4.74 Å². The third-order valence-electron chi connectivity index (χ3n) is 7.95. The highest BCUT2D eigenvalue weighted by molar-refractivity contribution is 5.77. The number of aryl methyl sites for hydroxylation is 1. The number of hydrogen-bond donors (Lipinski definition) is 0. The maximum absolute atomic E-state index is 13.1. The molecular weight excluding hydrogens is 466 g/mol. The Morgan fingerprint density at radius 3 is 2.38 bits per heavy atom. The number of aromatic nitrogens is 3. The number of ether oxygens (including phenoxy) is 1. The molecule has 196 valence electrons. The number of nitrogens with zero attached hydrogens (tertiary/aromatic N) is 5. The highest BCUT2D eigenvalue weighted by atomic mass is 16.5. The van der Waals surface area contributed by atoms with Gasteiger partial charge in [0.15, 0.2) is 0 Å². The predicted octanol–water partition coefficient (Wildman–Crippen LogP) is 4.08. The van der Waals surface area contributed by atoms with Crippen molar-refractivity contribution in [3.8, 4) is 5.75 Å². The van der Waals surface area contributed by atoms with E-state index in [1.807, 2.05) is 53.2 Å². The van der Waals surface area contributed by atoms with Crippen LogP contribution in [-0.2, 0) is 22.6 Å². The van der Waals surface area contributed by atoms with Crippen LogP contribution in [-0.4, -0.2) is 69.9 Å². The van der Waals surface area contributed by atoms with E-state index >= 15 is 0 Å². The summed E-state index contributed by atoms with van der Waals surface area (Å²) in [5.74, 6) is 1.17. The van der Waals surface area contributed by atoms with Crippen LogP contribution in [0, 0.1) is 5.41 Å². The quantitative estimate of drug-likeness (QED) is 0.526. The number of hydrogen-bond acceptors (Lipinski definition) is 5. The van der Waals surface area contributed by atoms with Gasteiger partial charge in [0.05, 0.1) is 6.61 Å². The van der Waals surface area contributed by atoms with Crippen LogP contribution in [0.1, 0.15) is 50.5 Å². The number of fused-ring (bicyclic) bond motifs is 2. The summed E-state index contributed by atoms with van der Waals surface area (Å²) in [5.41, 5.74) is 2.89. The first-order chi connectivity index (χ1) is 18.0. The van der Waals surface area contributed by atoms with Crippen molar-refractivity contribution in [3.63, 3.8) is 0 Å². The summed E-state index contributed by atoms with van der Waals surface area (Å²) in [7, 11) is 1.93. The highest BCUT2D eigenvalue weighted by Crippen LogP contribution is 2.38. The number of carbonyl (C=O) groups is 2. The molecule has 0 atom stereocenters. The van der Waals surface area contributed by atoms with Gasteiger partial charge in [0, 0.05) is 33.1 Å². The van der Waals surface area contributed by atoms with Crippen molar-refractivity contribution in [2.75, 3.05) is 33.3 Å². The predicted molar refractivity (Wildman–Crippen MR) is 142 cm³/mol. The topological polar surface area (TPSA) is 80.6 Å². The molecule has 2 aliphatic heterocycles. The number of benzene rings is 2. The third kappa shape index (κ3) is 6.12. The molecule has 0 saturated carbocycles. The summed E-state index contributed by atoms with van der Waals surface area (Å²) in [4.78, 5) is 31.3. The number of para-hydroxylation sites is 1. The molecule has 3 heterocycles. The molecule has 0 bridgehead atoms. The molecule has 0 radical (unpaired) electrons. The van der Waals surface area contributed by atoms with E-state index in [0.29, 0.717) is 32.5 Å². The summed E-state index contributed by atoms with van der Waals surface area (Å²) >= 11 is 0. The van der Waals surface area contributed by atoms with E-state index in [9.17, 15) is 9.59 Å². The maximum atomic E-state index is 13.1. The monoisotopic (exact) mass is 503 g/mol. The standard InChI is InChI=1S/C29H37N5O3/c1-32-22-29(15-7-6-10-23-9-2-5-13-26(23)37-20-8-14-27(32)35)16-18-33(19-17-29)28(36)21-34-30-24-11-3-4-12-25(24)31-34/h2-5,9,11-13H,6-8,10,14-22H2,1H3. The first-order valence-electron chi connectivity index (χ1n) is 13.5. The van der Waals surface area contributed by atoms with Crippen LogP contribution in [0.5, 0.6) is 5.75 Å². The molecule has 1 aromatic heterocycles. The van der Waals surface area contributed by atoms with Crippen LogP contribution in [0.2, 0.25) is 0 Å². The Morgan fingerprint density at radius 1 is 0.919 bits per heavy atom. The first-order valence-corrected chi connectivity index (χ1v) is 13.5. The summed E-state index contributed by atoms with van der Waals surface area (Å²) in [5, 5.41) is 8.89. The molecule has 8 heteroatoms. The van der Waals surface area contributed by atoms with Gasteiger partial charge >= 0.3 is 0 Å². The van der Waals surface area contributed by atoms with Crippen molar-refractivity contribution >= 4 is 22.8 Å². The molecule has 1 fully saturated rings. The van der Waals surface area contributed by atoms with Crippen LogP contribution < -0.4 is 4.74 Å². The molecule has 2 aromatic carbocycles. The Morgan fingerprint density at radius 2 is 1.62 bits per heavy atom. The van der Waals surface area contributed by atoms with Gasteiger partial charge in [0.1, 0.15) is 23.3 Å². The molecule has 2 aliphatic rings. The molecule has 8 nitrogen and oxygen atoms in total. The number of carbonyl (C=O) groups excluding carboxylic acids is 2. The lowest BCUT2D eigenvalue weighted by molar-refractivity contribution is -0.137. The Bertz CT molecular complexity index is 1200. The Labute approximate surface area is 218 Å². The van der Waals surface area contributed by atoms with Gasteiger partial charge in [-0.25, -0.2) is 0 Å². The van der Waals surface area contributed by atoms with Crippen LogP contribution >= 0.6 is 0 Å². The summed E-state index contributed by atoms with van der Waals surface area (Å²) < 4.78 is 6.00. The fourth-order valence-electron chi connectivity index (χ4n) is 5.77. The van der Waals surface area contributed by atoms with Crippen LogP contribution in [0.15, 0.2) is 48.5 Å². The third-order valence-corrected chi connectivity index (χ3v) is 7.95. The zero-order chi connectivity index (χ0) is 25.7. The molecule has 3 aromatic rings. The van der Waals surface area contributed by atoms with Crippen LogP contribution in [0.3, 0.4) is 0 Å². The molecule has 37 heavy (non-hydrogen) atoms. The lowest BCUT2D eigenvalue weighted by Gasteiger charge is -2.44. The van der Waals surface area contributed by atoms with Crippen LogP contribution in [0.25, 0.3) is 11.0 Å². The van der Waals surface area contributed by atoms with Crippen molar-refractivity contribution < 1.29 is 14.3 Å². The Balaban J connectivity index is 1.23. The fraction of sp³-hybridized carbons (Fsp3) is 0.517. The number of likely N-dealkylation sites (tertiary alicyclic amines) is 1. The maximum Gasteiger partial charge on any atom is 0.246 e. The van der Waals surface area contributed by atoms with Gasteiger partial charge in [-0.3, -0.25) is 9.59 Å². The summed E-state index contributed by atoms with van der Waals surface area (Å²) in [6.45, 7) is 2.87. The van der Waals surface area contributed by atoms with E-state index in [1.165, 1.54) is 10.4 Å². The molecular formula is C29H37N5O3. The van der Waals surface area contributed by atoms with Crippen molar-refractivity contribution in [2.45, 2.75) is 57.9 Å². The molecule has 0 unspecified atom stereocenters. The summed E-state index contributed by atoms with van der Waals surface area (Å²) in [6, 6.07) is 15.9. The van der Waals surface area contributed by atoms with Gasteiger partial charge in [-0.05, 0) is 67.7 Å². The van der Waals surface area contributed by atoms with E-state index in [1.54, 1.807) is 0 Å². The minimum absolute atomic E-state index is 0.0416. The molecule has 1 spiro atoms. The largest absolute Gasteiger partial charge is 0.493 e. The minimum atomic E-state index is 0.0416. The second-order valence-corrected chi connectivity index (χ2v) is 10.6. The Kier molecular flexibility index (Phi) is 7.72. The van der Waals surface area contributed by atoms with Gasteiger partial charge < -0.3 is 14.5 Å². The van der Waals surface area contributed by atoms with Gasteiger partial charge in [-0.1, -0.05) is 36.8 Å². The van der Waals surface area contributed by atoms with Crippen molar-refractivity contribution in [2.24, 2.45) is 5.41 Å². The van der Waals surface area contributed by atoms with Gasteiger partial charge in [-0.2, -0.15) is 15.0 Å². The van der Waals surface area contributed by atoms with Crippen molar-refractivity contribution in [1.29, 1.82) is 0 Å². The average molecular weight is 504 g/mol. The zero-order valence-corrected chi connectivity index (χ0v) is 21.8. The molecule has 1 saturated heterocycles. The summed E-state index contributed by atoms with van der Waals surface area (Å²) in [6.07, 6.45) is 7.25. The lowest BCUT2D eigenvalue weighted by atomic mass is 9.73. The lowest BCUT2D eigenvalue weighted by Crippen LogP contribution is -2.49. The van der Waals surface area contributed by atoms with Gasteiger partial charge in [0.2, 0.25) is 11.8 Å². The SMILES string of the molecule is CN1CC2(CCCCc3ccccc3OCCCC1=O)CCN(C(=O)Cn1nc3ccccc3n1)CC2. The van der Waals surface area contributed by atoms with Crippen molar-refractivity contribution in [1.82, 2.24) is 24.8 Å². The second kappa shape index (κ2) is 11.3. The van der Waals surface area contributed by atoms with Gasteiger partial charge in [0.25, 0.3) is 0 Å². The smallest absolute Gasteiger partial charge is 0.246 e. The molecule has 2 amide bonds. The van der Waals surface area contributed by atoms with E-state index in [0.717, 1.165) is 61.9 Å². The van der Waals surface area contributed by atoms with E-state index < -0.39 is 0 Å². The molecule has 0 aliphatic carbocycles. The van der Waals surface area contributed by atoms with Crippen LogP contribution in [0.4, 0.5) is 0 Å². The molecule has 0 N–H and O–H groups in total. The normalized spacial score (nSPS) is 19.3.